The van der Waals surface area contributed by atoms with Crippen LogP contribution in [0.2, 0.25) is 0 Å². The molecule has 162 valence electrons. The number of allylic oxidation sites excluding steroid dienone is 5. The lowest BCUT2D eigenvalue weighted by atomic mass is 9.90. The molecule has 1 heteroatoms. The Kier molecular flexibility index (Phi) is 14.7. The maximum atomic E-state index is 2.40. The minimum Gasteiger partial charge on any atom is -0.370 e. The number of hydrogen-bond acceptors (Lipinski definition) is 1. The molecule has 0 N–H and O–H groups in total. The van der Waals surface area contributed by atoms with Gasteiger partial charge in [-0.15, -0.1) is 0 Å². The molecule has 0 amide bonds. The molecule has 2 aliphatic rings. The van der Waals surface area contributed by atoms with Gasteiger partial charge in [0.25, 0.3) is 0 Å². The molecule has 0 atom stereocenters. The maximum Gasteiger partial charge on any atom is 0.0439 e. The zero-order valence-electron chi connectivity index (χ0n) is 20.5. The van der Waals surface area contributed by atoms with E-state index in [2.05, 4.69) is 80.4 Å². The highest BCUT2D eigenvalue weighted by atomic mass is 15.1. The van der Waals surface area contributed by atoms with Crippen molar-refractivity contribution in [3.63, 3.8) is 0 Å². The van der Waals surface area contributed by atoms with E-state index in [1.807, 2.05) is 41.5 Å². The van der Waals surface area contributed by atoms with Gasteiger partial charge in [0.1, 0.15) is 0 Å². The second-order valence-corrected chi connectivity index (χ2v) is 7.02. The van der Waals surface area contributed by atoms with Crippen molar-refractivity contribution in [3.8, 4) is 0 Å². The van der Waals surface area contributed by atoms with Gasteiger partial charge in [-0.2, -0.15) is 0 Å². The summed E-state index contributed by atoms with van der Waals surface area (Å²) >= 11 is 0. The first-order valence-electron chi connectivity index (χ1n) is 11.7. The van der Waals surface area contributed by atoms with E-state index in [4.69, 9.17) is 0 Å². The molecule has 0 saturated carbocycles. The minimum absolute atomic E-state index is 0.706. The standard InChI is InChI=1S/C22H27N.3C2H6/c1-17(2)14-18-12-13-23(3)22(15-18)21-11-7-10-20(16-21)19-8-5-4-6-9-19;3*1-2/h4-6,8-9,11-12,15-17H,7,10,13-14H2,1-3H3;3*1-2H3. The van der Waals surface area contributed by atoms with Crippen molar-refractivity contribution in [2.24, 2.45) is 5.92 Å². The van der Waals surface area contributed by atoms with Crippen LogP contribution < -0.4 is 0 Å². The lowest BCUT2D eigenvalue weighted by molar-refractivity contribution is 0.463. The van der Waals surface area contributed by atoms with E-state index < -0.39 is 0 Å². The first-order chi connectivity index (χ1) is 14.1. The van der Waals surface area contributed by atoms with Crippen LogP contribution in [0.3, 0.4) is 0 Å². The topological polar surface area (TPSA) is 3.24 Å². The molecule has 0 aromatic heterocycles. The van der Waals surface area contributed by atoms with E-state index >= 15 is 0 Å². The Labute approximate surface area is 181 Å². The molecular weight excluding hydrogens is 350 g/mol. The third kappa shape index (κ3) is 8.90. The van der Waals surface area contributed by atoms with Gasteiger partial charge in [-0.3, -0.25) is 0 Å². The average Bonchev–Trinajstić information content (AvgIpc) is 2.79. The van der Waals surface area contributed by atoms with Crippen LogP contribution in [-0.4, -0.2) is 18.5 Å². The second kappa shape index (κ2) is 15.9. The minimum atomic E-state index is 0.706. The Bertz CT molecular complexity index is 672. The largest absolute Gasteiger partial charge is 0.370 e. The molecule has 0 bridgehead atoms. The molecule has 29 heavy (non-hydrogen) atoms. The zero-order chi connectivity index (χ0) is 22.2. The Morgan fingerprint density at radius 1 is 0.862 bits per heavy atom. The fourth-order valence-corrected chi connectivity index (χ4v) is 3.38. The number of likely N-dealkylation sites (N-methyl/N-ethyl adjacent to an activating group) is 1. The summed E-state index contributed by atoms with van der Waals surface area (Å²) in [5, 5.41) is 0. The molecule has 0 radical (unpaired) electrons. The number of nitrogens with zero attached hydrogens (tertiary/aromatic N) is 1. The quantitative estimate of drug-likeness (QED) is 0.493. The van der Waals surface area contributed by atoms with Crippen LogP contribution >= 0.6 is 0 Å². The molecule has 1 aromatic rings. The van der Waals surface area contributed by atoms with Crippen molar-refractivity contribution >= 4 is 5.57 Å². The van der Waals surface area contributed by atoms with Crippen LogP contribution in [0.1, 0.15) is 80.2 Å². The average molecular weight is 396 g/mol. The Hall–Kier alpha value is -2.02. The molecule has 1 heterocycles. The van der Waals surface area contributed by atoms with E-state index in [0.717, 1.165) is 19.4 Å². The van der Waals surface area contributed by atoms with Gasteiger partial charge >= 0.3 is 0 Å². The molecule has 0 saturated heterocycles. The molecule has 1 nitrogen and oxygen atoms in total. The predicted octanol–water partition coefficient (Wildman–Crippen LogP) is 8.67. The molecule has 1 aromatic carbocycles. The van der Waals surface area contributed by atoms with Gasteiger partial charge in [0, 0.05) is 19.3 Å². The van der Waals surface area contributed by atoms with Gasteiger partial charge in [0.2, 0.25) is 0 Å². The van der Waals surface area contributed by atoms with Crippen molar-refractivity contribution in [3.05, 3.63) is 77.0 Å². The third-order valence-corrected chi connectivity index (χ3v) is 4.55. The maximum absolute atomic E-state index is 2.40. The molecule has 0 unspecified atom stereocenters. The lowest BCUT2D eigenvalue weighted by Crippen LogP contribution is -2.23. The Balaban J connectivity index is 0.00000120. The summed E-state index contributed by atoms with van der Waals surface area (Å²) in [6, 6.07) is 10.8. The van der Waals surface area contributed by atoms with E-state index in [-0.39, 0.29) is 0 Å². The van der Waals surface area contributed by atoms with Crippen molar-refractivity contribution in [2.75, 3.05) is 13.6 Å². The molecule has 3 rings (SSSR count). The van der Waals surface area contributed by atoms with Crippen LogP contribution in [0.25, 0.3) is 5.57 Å². The number of hydrogen-bond donors (Lipinski definition) is 0. The van der Waals surface area contributed by atoms with E-state index in [9.17, 15) is 0 Å². The van der Waals surface area contributed by atoms with Crippen LogP contribution in [0.5, 0.6) is 0 Å². The fraction of sp³-hybridized carbons (Fsp3) is 0.500. The number of rotatable bonds is 4. The highest BCUT2D eigenvalue weighted by Crippen LogP contribution is 2.32. The summed E-state index contributed by atoms with van der Waals surface area (Å²) < 4.78 is 0. The monoisotopic (exact) mass is 395 g/mol. The fourth-order valence-electron chi connectivity index (χ4n) is 3.38. The van der Waals surface area contributed by atoms with Crippen molar-refractivity contribution in [1.29, 1.82) is 0 Å². The molecular formula is C28H45N. The first-order valence-corrected chi connectivity index (χ1v) is 11.7. The molecule has 1 aliphatic heterocycles. The van der Waals surface area contributed by atoms with E-state index in [1.54, 1.807) is 0 Å². The zero-order valence-corrected chi connectivity index (χ0v) is 20.5. The SMILES string of the molecule is CC.CC.CC.CC(C)CC1=CCN(C)C(C2=CCCC(c3ccccc3)=C2)=C1. The van der Waals surface area contributed by atoms with Crippen LogP contribution in [-0.2, 0) is 0 Å². The van der Waals surface area contributed by atoms with Crippen molar-refractivity contribution < 1.29 is 0 Å². The summed E-state index contributed by atoms with van der Waals surface area (Å²) in [7, 11) is 2.19. The summed E-state index contributed by atoms with van der Waals surface area (Å²) in [6.07, 6.45) is 13.0. The van der Waals surface area contributed by atoms with E-state index in [0.29, 0.717) is 5.92 Å². The van der Waals surface area contributed by atoms with Gasteiger partial charge in [-0.05, 0) is 59.6 Å². The van der Waals surface area contributed by atoms with Crippen LogP contribution in [0.4, 0.5) is 0 Å². The van der Waals surface area contributed by atoms with Gasteiger partial charge in [-0.25, -0.2) is 0 Å². The van der Waals surface area contributed by atoms with Gasteiger partial charge in [0.05, 0.1) is 0 Å². The van der Waals surface area contributed by atoms with Crippen molar-refractivity contribution in [2.45, 2.75) is 74.7 Å². The summed E-state index contributed by atoms with van der Waals surface area (Å²) in [6.45, 7) is 17.6. The van der Waals surface area contributed by atoms with Crippen LogP contribution in [0, 0.1) is 5.92 Å². The van der Waals surface area contributed by atoms with E-state index in [1.165, 1.54) is 34.4 Å². The molecule has 0 fully saturated rings. The second-order valence-electron chi connectivity index (χ2n) is 7.02. The highest BCUT2D eigenvalue weighted by Gasteiger charge is 2.17. The highest BCUT2D eigenvalue weighted by molar-refractivity contribution is 5.71. The Morgan fingerprint density at radius 2 is 1.48 bits per heavy atom. The molecule has 1 aliphatic carbocycles. The van der Waals surface area contributed by atoms with Crippen molar-refractivity contribution in [1.82, 2.24) is 4.90 Å². The predicted molar refractivity (Wildman–Crippen MR) is 134 cm³/mol. The van der Waals surface area contributed by atoms with Crippen LogP contribution in [0.15, 0.2) is 71.5 Å². The van der Waals surface area contributed by atoms with Gasteiger partial charge in [0.15, 0.2) is 0 Å². The summed E-state index contributed by atoms with van der Waals surface area (Å²) in [5.41, 5.74) is 7.05. The third-order valence-electron chi connectivity index (χ3n) is 4.55. The van der Waals surface area contributed by atoms with Gasteiger partial charge in [-0.1, -0.05) is 97.9 Å². The smallest absolute Gasteiger partial charge is 0.0439 e. The number of benzene rings is 1. The Morgan fingerprint density at radius 3 is 2.07 bits per heavy atom. The summed E-state index contributed by atoms with van der Waals surface area (Å²) in [4.78, 5) is 2.36. The normalized spacial score (nSPS) is 15.2. The summed E-state index contributed by atoms with van der Waals surface area (Å²) in [5.74, 6) is 0.706. The lowest BCUT2D eigenvalue weighted by Gasteiger charge is -2.29. The first kappa shape index (κ1) is 27.0. The molecule has 0 spiro atoms. The van der Waals surface area contributed by atoms with Gasteiger partial charge < -0.3 is 4.90 Å².